The van der Waals surface area contributed by atoms with E-state index in [0.717, 1.165) is 13.0 Å². The molecule has 4 nitrogen and oxygen atoms in total. The highest BCUT2D eigenvalue weighted by atomic mass is 127. The Balaban J connectivity index is 2.60. The largest absolute Gasteiger partial charge is 0.289 e. The number of hydrogen-bond donors (Lipinski definition) is 1. The lowest BCUT2D eigenvalue weighted by Crippen LogP contribution is -2.36. The molecule has 0 bridgehead atoms. The van der Waals surface area contributed by atoms with Gasteiger partial charge in [0.25, 0.3) is 0 Å². The first-order valence-electron chi connectivity index (χ1n) is 4.71. The van der Waals surface area contributed by atoms with Crippen molar-refractivity contribution in [3.8, 4) is 0 Å². The topological polar surface area (TPSA) is 63.4 Å². The van der Waals surface area contributed by atoms with Crippen molar-refractivity contribution >= 4 is 32.6 Å². The summed E-state index contributed by atoms with van der Waals surface area (Å²) in [6.45, 7) is 5.24. The Morgan fingerprint density at radius 1 is 1.57 bits per heavy atom. The van der Waals surface area contributed by atoms with Crippen LogP contribution in [0.25, 0.3) is 0 Å². The van der Waals surface area contributed by atoms with Gasteiger partial charge in [-0.25, -0.2) is 13.6 Å². The van der Waals surface area contributed by atoms with Gasteiger partial charge in [-0.2, -0.15) is 0 Å². The molecule has 1 aliphatic rings. The van der Waals surface area contributed by atoms with Crippen LogP contribution in [0, 0.1) is 5.92 Å². The smallest absolute Gasteiger partial charge is 0.209 e. The number of likely N-dealkylation sites (tertiary alicyclic amines) is 1. The molecule has 1 aliphatic heterocycles. The van der Waals surface area contributed by atoms with E-state index >= 15 is 0 Å². The summed E-state index contributed by atoms with van der Waals surface area (Å²) in [6, 6.07) is 0.474. The molecule has 1 rings (SSSR count). The van der Waals surface area contributed by atoms with Crippen LogP contribution in [0.1, 0.15) is 20.3 Å². The summed E-state index contributed by atoms with van der Waals surface area (Å²) in [6.07, 6.45) is 0.933. The molecule has 2 unspecified atom stereocenters. The lowest BCUT2D eigenvalue weighted by atomic mass is 10.2. The fraction of sp³-hybridized carbons (Fsp3) is 1.00. The highest BCUT2D eigenvalue weighted by Gasteiger charge is 2.35. The van der Waals surface area contributed by atoms with Gasteiger partial charge in [0.1, 0.15) is 0 Å². The van der Waals surface area contributed by atoms with Crippen LogP contribution in [0.3, 0.4) is 0 Å². The molecule has 0 radical (unpaired) electrons. The maximum absolute atomic E-state index is 11.0. The first kappa shape index (κ1) is 12.7. The van der Waals surface area contributed by atoms with E-state index in [4.69, 9.17) is 5.14 Å². The Morgan fingerprint density at radius 3 is 2.50 bits per heavy atom. The minimum atomic E-state index is -3.32. The Labute approximate surface area is 99.4 Å². The van der Waals surface area contributed by atoms with Crippen molar-refractivity contribution in [3.63, 3.8) is 0 Å². The van der Waals surface area contributed by atoms with Crippen molar-refractivity contribution in [2.24, 2.45) is 11.1 Å². The van der Waals surface area contributed by atoms with Gasteiger partial charge in [-0.15, -0.1) is 0 Å². The second kappa shape index (κ2) is 4.63. The first-order valence-corrected chi connectivity index (χ1v) is 7.67. The molecule has 0 aromatic carbocycles. The predicted octanol–water partition coefficient (Wildman–Crippen LogP) is 0.766. The molecule has 84 valence electrons. The molecule has 0 aromatic heterocycles. The number of sulfonamides is 1. The van der Waals surface area contributed by atoms with Crippen molar-refractivity contribution in [1.82, 2.24) is 4.90 Å². The van der Waals surface area contributed by atoms with Gasteiger partial charge in [0.05, 0.1) is 9.80 Å². The quantitative estimate of drug-likeness (QED) is 0.472. The number of nitrogens with two attached hydrogens (primary N) is 1. The number of nitrogens with zero attached hydrogens (tertiary/aromatic N) is 1. The van der Waals surface area contributed by atoms with Crippen molar-refractivity contribution in [2.75, 3.05) is 12.3 Å². The van der Waals surface area contributed by atoms with Crippen LogP contribution in [0.2, 0.25) is 0 Å². The Kier molecular flexibility index (Phi) is 4.19. The second-order valence-electron chi connectivity index (χ2n) is 4.08. The van der Waals surface area contributed by atoms with E-state index in [1.54, 1.807) is 0 Å². The van der Waals surface area contributed by atoms with E-state index in [2.05, 4.69) is 41.3 Å². The average Bonchev–Trinajstić information content (AvgIpc) is 2.29. The van der Waals surface area contributed by atoms with E-state index in [1.165, 1.54) is 0 Å². The molecule has 1 saturated heterocycles. The Morgan fingerprint density at radius 2 is 2.14 bits per heavy atom. The average molecular weight is 332 g/mol. The molecule has 14 heavy (non-hydrogen) atoms. The number of hydrogen-bond acceptors (Lipinski definition) is 3. The maximum Gasteiger partial charge on any atom is 0.209 e. The van der Waals surface area contributed by atoms with Crippen LogP contribution < -0.4 is 5.14 Å². The summed E-state index contributed by atoms with van der Waals surface area (Å²) in [5, 5.41) is 5.05. The number of halogens is 1. The molecule has 0 aromatic rings. The highest BCUT2D eigenvalue weighted by molar-refractivity contribution is 14.1. The van der Waals surface area contributed by atoms with Gasteiger partial charge in [-0.05, 0) is 26.8 Å². The van der Waals surface area contributed by atoms with Crippen LogP contribution in [0.4, 0.5) is 0 Å². The van der Waals surface area contributed by atoms with Crippen LogP contribution in [0.15, 0.2) is 0 Å². The number of alkyl halides is 1. The van der Waals surface area contributed by atoms with Crippen molar-refractivity contribution in [3.05, 3.63) is 0 Å². The van der Waals surface area contributed by atoms with E-state index in [1.807, 2.05) is 0 Å². The molecule has 2 N–H and O–H groups in total. The minimum absolute atomic E-state index is 0.115. The highest BCUT2D eigenvalue weighted by Crippen LogP contribution is 2.31. The zero-order valence-electron chi connectivity index (χ0n) is 8.48. The molecule has 0 amide bonds. The summed E-state index contributed by atoms with van der Waals surface area (Å²) in [7, 11) is -3.32. The monoisotopic (exact) mass is 332 g/mol. The molecule has 0 spiro atoms. The van der Waals surface area contributed by atoms with Gasteiger partial charge in [-0.1, -0.05) is 22.6 Å². The lowest BCUT2D eigenvalue weighted by Gasteiger charge is -2.26. The lowest BCUT2D eigenvalue weighted by molar-refractivity contribution is 0.256. The van der Waals surface area contributed by atoms with Gasteiger partial charge in [0.15, 0.2) is 0 Å². The zero-order chi connectivity index (χ0) is 10.9. The molecule has 1 heterocycles. The van der Waals surface area contributed by atoms with Crippen LogP contribution in [-0.2, 0) is 10.0 Å². The van der Waals surface area contributed by atoms with Crippen LogP contribution >= 0.6 is 22.6 Å². The van der Waals surface area contributed by atoms with Gasteiger partial charge in [-0.3, -0.25) is 4.90 Å². The van der Waals surface area contributed by atoms with Gasteiger partial charge >= 0.3 is 0 Å². The van der Waals surface area contributed by atoms with E-state index in [9.17, 15) is 8.42 Å². The molecule has 1 fully saturated rings. The standard InChI is InChI=1S/C8H17IN2O2S/c1-6(2)11-4-3-7(8(11)9)5-14(10,12)13/h6-8H,3-5H2,1-2H3,(H2,10,12,13). The van der Waals surface area contributed by atoms with Gasteiger partial charge in [0.2, 0.25) is 10.0 Å². The summed E-state index contributed by atoms with van der Waals surface area (Å²) >= 11 is 2.32. The molecular formula is C8H17IN2O2S. The van der Waals surface area contributed by atoms with Crippen molar-refractivity contribution in [1.29, 1.82) is 0 Å². The third-order valence-electron chi connectivity index (χ3n) is 2.57. The van der Waals surface area contributed by atoms with E-state index < -0.39 is 10.0 Å². The van der Waals surface area contributed by atoms with Gasteiger partial charge < -0.3 is 0 Å². The summed E-state index contributed by atoms with van der Waals surface area (Å²) in [4.78, 5) is 2.32. The summed E-state index contributed by atoms with van der Waals surface area (Å²) in [5.41, 5.74) is 0. The fourth-order valence-electron chi connectivity index (χ4n) is 1.85. The van der Waals surface area contributed by atoms with Crippen LogP contribution in [0.5, 0.6) is 0 Å². The maximum atomic E-state index is 11.0. The number of primary sulfonamides is 1. The molecule has 2 atom stereocenters. The van der Waals surface area contributed by atoms with Crippen molar-refractivity contribution < 1.29 is 8.42 Å². The van der Waals surface area contributed by atoms with Crippen molar-refractivity contribution in [2.45, 2.75) is 30.4 Å². The van der Waals surface area contributed by atoms with E-state index in [-0.39, 0.29) is 11.7 Å². The third kappa shape index (κ3) is 3.32. The summed E-state index contributed by atoms with van der Waals surface area (Å²) in [5.74, 6) is 0.303. The normalized spacial score (nSPS) is 30.1. The van der Waals surface area contributed by atoms with E-state index in [0.29, 0.717) is 10.1 Å². The first-order chi connectivity index (χ1) is 6.31. The Bertz CT molecular complexity index is 292. The van der Waals surface area contributed by atoms with Crippen LogP contribution in [-0.4, -0.2) is 35.7 Å². The molecule has 6 heteroatoms. The minimum Gasteiger partial charge on any atom is -0.289 e. The number of rotatable bonds is 3. The second-order valence-corrected chi connectivity index (χ2v) is 7.02. The Hall–Kier alpha value is 0.600. The SMILES string of the molecule is CC(C)N1CCC(CS(N)(=O)=O)C1I. The predicted molar refractivity (Wildman–Crippen MR) is 65.7 cm³/mol. The van der Waals surface area contributed by atoms with Gasteiger partial charge in [0, 0.05) is 12.0 Å². The molecular weight excluding hydrogens is 315 g/mol. The third-order valence-corrected chi connectivity index (χ3v) is 5.20. The molecule has 0 aliphatic carbocycles. The molecule has 0 saturated carbocycles. The summed E-state index contributed by atoms with van der Waals surface area (Å²) < 4.78 is 22.2. The fourth-order valence-corrected chi connectivity index (χ4v) is 4.68. The zero-order valence-corrected chi connectivity index (χ0v) is 11.5.